The summed E-state index contributed by atoms with van der Waals surface area (Å²) >= 11 is 0.853. The van der Waals surface area contributed by atoms with E-state index in [0.29, 0.717) is 0 Å². The maximum atomic E-state index is 12.6. The summed E-state index contributed by atoms with van der Waals surface area (Å²) in [5.41, 5.74) is 4.23. The number of hydrogen-bond acceptors (Lipinski definition) is 19. The smallest absolute Gasteiger partial charge is 0.386 e. The highest BCUT2D eigenvalue weighted by molar-refractivity contribution is 8.13. The third kappa shape index (κ3) is 13.3. The number of aliphatic hydroxyl groups is 3. The van der Waals surface area contributed by atoms with Crippen molar-refractivity contribution in [2.24, 2.45) is 5.41 Å². The normalized spacial score (nSPS) is 22.6. The number of aliphatic hydroxyl groups excluding tert-OH is 3. The molecule has 3 heterocycles. The van der Waals surface area contributed by atoms with E-state index >= 15 is 0 Å². The Hall–Kier alpha value is -2.48. The van der Waals surface area contributed by atoms with Crippen molar-refractivity contribution in [3.63, 3.8) is 0 Å². The molecule has 25 nitrogen and oxygen atoms in total. The first-order valence-corrected chi connectivity index (χ1v) is 21.2. The van der Waals surface area contributed by atoms with Crippen LogP contribution in [-0.2, 0) is 50.7 Å². The number of nitrogens with one attached hydrogen (secondary N) is 2. The van der Waals surface area contributed by atoms with E-state index in [-0.39, 0.29) is 48.7 Å². The van der Waals surface area contributed by atoms with E-state index in [1.54, 1.807) is 6.92 Å². The van der Waals surface area contributed by atoms with E-state index in [2.05, 4.69) is 34.4 Å². The third-order valence-corrected chi connectivity index (χ3v) is 11.5. The Morgan fingerprint density at radius 2 is 1.72 bits per heavy atom. The molecule has 0 spiro atoms. The molecule has 1 aliphatic heterocycles. The molecular weight excluding hydrogens is 811 g/mol. The van der Waals surface area contributed by atoms with Gasteiger partial charge in [-0.15, -0.1) is 0 Å². The molecule has 3 unspecified atom stereocenters. The lowest BCUT2D eigenvalue weighted by molar-refractivity contribution is -0.137. The summed E-state index contributed by atoms with van der Waals surface area (Å²) in [7, 11) is -16.4. The van der Waals surface area contributed by atoms with Crippen molar-refractivity contribution in [3.8, 4) is 0 Å². The van der Waals surface area contributed by atoms with Gasteiger partial charge in [-0.05, 0) is 6.42 Å². The lowest BCUT2D eigenvalue weighted by Crippen LogP contribution is -2.46. The fraction of sp³-hybridized carbons (Fsp3) is 0.680. The fourth-order valence-electron chi connectivity index (χ4n) is 4.54. The molecule has 29 heteroatoms. The van der Waals surface area contributed by atoms with Crippen LogP contribution >= 0.6 is 35.2 Å². The average Bonchev–Trinajstić information content (AvgIpc) is 3.64. The quantitative estimate of drug-likeness (QED) is 0.0501. The fourth-order valence-corrected chi connectivity index (χ4v) is 8.14. The number of nitrogens with zero attached hydrogens (tertiary/aromatic N) is 4. The molecule has 0 radical (unpaired) electrons. The largest absolute Gasteiger partial charge is 0.481 e. The van der Waals surface area contributed by atoms with Crippen LogP contribution < -0.4 is 16.4 Å². The number of fused-ring (bicyclic) bond motifs is 1. The van der Waals surface area contributed by atoms with Crippen LogP contribution in [0.2, 0.25) is 0 Å². The SMILES string of the molecule is CCC(O)C(=O)SCCNC(=O)CCNC(=O)[C@H](O)C(C)(C)COP(=O)(O)OP(=O)(O)OC[C@H]1O[C@@H](n2cnc3c(N)ncnc32)[C@H](O)[C@@H]1OP(=O)(O)O. The zero-order valence-electron chi connectivity index (χ0n) is 28.8. The van der Waals surface area contributed by atoms with Crippen LogP contribution in [0.25, 0.3) is 11.2 Å². The molecule has 1 saturated heterocycles. The van der Waals surface area contributed by atoms with Crippen molar-refractivity contribution < 1.29 is 85.6 Å². The molecule has 2 aromatic rings. The summed E-state index contributed by atoms with van der Waals surface area (Å²) in [5, 5.41) is 35.2. The molecule has 0 bridgehead atoms. The van der Waals surface area contributed by atoms with Crippen molar-refractivity contribution in [1.29, 1.82) is 0 Å². The topological polar surface area (TPSA) is 384 Å². The van der Waals surface area contributed by atoms with Crippen LogP contribution in [-0.4, -0.2) is 134 Å². The van der Waals surface area contributed by atoms with Gasteiger partial charge < -0.3 is 56.0 Å². The zero-order valence-corrected chi connectivity index (χ0v) is 32.3. The lowest BCUT2D eigenvalue weighted by Gasteiger charge is -2.30. The van der Waals surface area contributed by atoms with Crippen molar-refractivity contribution in [1.82, 2.24) is 30.2 Å². The molecule has 8 atom stereocenters. The molecule has 2 aromatic heterocycles. The second-order valence-electron chi connectivity index (χ2n) is 12.2. The summed E-state index contributed by atoms with van der Waals surface area (Å²) in [6.07, 6.45) is -7.84. The Kier molecular flexibility index (Phi) is 16.2. The highest BCUT2D eigenvalue weighted by Crippen LogP contribution is 2.61. The zero-order chi connectivity index (χ0) is 40.6. The number of hydrogen-bond donors (Lipinski definition) is 10. The molecule has 0 aromatic carbocycles. The lowest BCUT2D eigenvalue weighted by atomic mass is 9.87. The van der Waals surface area contributed by atoms with Gasteiger partial charge in [0.25, 0.3) is 0 Å². The Bertz CT molecular complexity index is 1780. The number of phosphoric acid groups is 3. The second kappa shape index (κ2) is 19.1. The summed E-state index contributed by atoms with van der Waals surface area (Å²) in [6, 6.07) is 0. The predicted molar refractivity (Wildman–Crippen MR) is 183 cm³/mol. The van der Waals surface area contributed by atoms with E-state index in [1.807, 2.05) is 0 Å². The van der Waals surface area contributed by atoms with Crippen LogP contribution in [0, 0.1) is 5.41 Å². The molecule has 54 heavy (non-hydrogen) atoms. The maximum absolute atomic E-state index is 12.6. The van der Waals surface area contributed by atoms with Crippen molar-refractivity contribution in [3.05, 3.63) is 12.7 Å². The predicted octanol–water partition coefficient (Wildman–Crippen LogP) is -1.56. The first kappa shape index (κ1) is 45.9. The highest BCUT2D eigenvalue weighted by Gasteiger charge is 2.50. The Balaban J connectivity index is 1.51. The minimum atomic E-state index is -5.57. The Labute approximate surface area is 310 Å². The first-order chi connectivity index (χ1) is 25.0. The van der Waals surface area contributed by atoms with E-state index in [1.165, 1.54) is 13.8 Å². The van der Waals surface area contributed by atoms with Gasteiger partial charge in [0.15, 0.2) is 17.7 Å². The molecule has 11 N–H and O–H groups in total. The van der Waals surface area contributed by atoms with Crippen LogP contribution in [0.1, 0.15) is 39.8 Å². The van der Waals surface area contributed by atoms with Gasteiger partial charge in [-0.25, -0.2) is 28.6 Å². The third-order valence-electron chi connectivity index (χ3n) is 7.40. The summed E-state index contributed by atoms with van der Waals surface area (Å²) in [4.78, 5) is 86.9. The average molecular weight is 854 g/mol. The summed E-state index contributed by atoms with van der Waals surface area (Å²) in [6.45, 7) is 1.96. The van der Waals surface area contributed by atoms with Crippen LogP contribution in [0.3, 0.4) is 0 Å². The number of phosphoric ester groups is 3. The molecule has 3 rings (SSSR count). The summed E-state index contributed by atoms with van der Waals surface area (Å²) < 4.78 is 61.9. The molecule has 0 aliphatic carbocycles. The second-order valence-corrected chi connectivity index (χ2v) is 17.5. The number of aromatic nitrogens is 4. The number of anilines is 1. The number of ether oxygens (including phenoxy) is 1. The molecule has 2 amide bonds. The van der Waals surface area contributed by atoms with E-state index in [0.717, 1.165) is 29.0 Å². The number of amides is 2. The van der Waals surface area contributed by atoms with Crippen LogP contribution in [0.4, 0.5) is 5.82 Å². The number of nitrogens with two attached hydrogens (primary N) is 1. The van der Waals surface area contributed by atoms with Gasteiger partial charge in [-0.2, -0.15) is 4.31 Å². The Morgan fingerprint density at radius 1 is 1.06 bits per heavy atom. The van der Waals surface area contributed by atoms with Crippen LogP contribution in [0.15, 0.2) is 12.7 Å². The van der Waals surface area contributed by atoms with Gasteiger partial charge in [-0.3, -0.25) is 32.5 Å². The highest BCUT2D eigenvalue weighted by atomic mass is 32.2. The minimum absolute atomic E-state index is 0.0254. The number of thioether (sulfide) groups is 1. The van der Waals surface area contributed by atoms with Crippen molar-refractivity contribution in [2.75, 3.05) is 37.8 Å². The molecule has 1 fully saturated rings. The number of carbonyl (C=O) groups is 3. The number of imidazole rings is 1. The number of rotatable bonds is 21. The van der Waals surface area contributed by atoms with E-state index in [9.17, 15) is 63.0 Å². The van der Waals surface area contributed by atoms with Gasteiger partial charge in [-0.1, -0.05) is 32.5 Å². The molecule has 1 aliphatic rings. The number of nitrogen functional groups attached to an aromatic ring is 1. The van der Waals surface area contributed by atoms with Gasteiger partial charge in [0.2, 0.25) is 16.9 Å². The standard InChI is InChI=1S/C25H42N7O18P3S/c1-4-13(33)24(38)54-8-7-27-15(34)5-6-28-22(37)19(36)25(2,3)10-47-53(44,45)50-52(42,43)46-9-14-18(49-51(39,40)41)17(35)23(48-14)32-12-31-16-20(26)29-11-30-21(16)32/h11-14,17-19,23,33,35-36H,4-10H2,1-3H3,(H,27,34)(H,28,37)(H,42,43)(H,44,45)(H2,26,29,30)(H2,39,40,41)/t13?,14-,17-,18-,19+,23-/m1/s1. The Morgan fingerprint density at radius 3 is 2.37 bits per heavy atom. The summed E-state index contributed by atoms with van der Waals surface area (Å²) in [5.74, 6) is -1.32. The van der Waals surface area contributed by atoms with Gasteiger partial charge >= 0.3 is 23.5 Å². The van der Waals surface area contributed by atoms with Crippen LogP contribution in [0.5, 0.6) is 0 Å². The molecular formula is C25H42N7O18P3S. The van der Waals surface area contributed by atoms with Crippen molar-refractivity contribution >= 4 is 69.1 Å². The number of carbonyl (C=O) groups excluding carboxylic acids is 3. The van der Waals surface area contributed by atoms with E-state index in [4.69, 9.17) is 19.5 Å². The maximum Gasteiger partial charge on any atom is 0.481 e. The van der Waals surface area contributed by atoms with Gasteiger partial charge in [0, 0.05) is 30.7 Å². The minimum Gasteiger partial charge on any atom is -0.386 e. The molecule has 306 valence electrons. The van der Waals surface area contributed by atoms with Gasteiger partial charge in [0.1, 0.15) is 42.4 Å². The molecule has 0 saturated carbocycles. The van der Waals surface area contributed by atoms with Gasteiger partial charge in [0.05, 0.1) is 19.5 Å². The monoisotopic (exact) mass is 853 g/mol. The first-order valence-electron chi connectivity index (χ1n) is 15.7. The van der Waals surface area contributed by atoms with Crippen molar-refractivity contribution in [2.45, 2.75) is 70.4 Å². The van der Waals surface area contributed by atoms with E-state index < -0.39 is 95.8 Å².